The lowest BCUT2D eigenvalue weighted by molar-refractivity contribution is 0.580. The Morgan fingerprint density at radius 1 is 1.15 bits per heavy atom. The van der Waals surface area contributed by atoms with Crippen LogP contribution in [0, 0.1) is 0 Å². The van der Waals surface area contributed by atoms with Gasteiger partial charge in [0.05, 0.1) is 5.69 Å². The van der Waals surface area contributed by atoms with Crippen LogP contribution in [0.2, 0.25) is 0 Å². The van der Waals surface area contributed by atoms with Crippen molar-refractivity contribution in [3.05, 3.63) is 52.3 Å². The van der Waals surface area contributed by atoms with Gasteiger partial charge in [-0.3, -0.25) is 9.10 Å². The zero-order valence-corrected chi connectivity index (χ0v) is 11.4. The van der Waals surface area contributed by atoms with Crippen LogP contribution in [0.5, 0.6) is 0 Å². The van der Waals surface area contributed by atoms with Crippen molar-refractivity contribution in [3.8, 4) is 0 Å². The Hall–Kier alpha value is -2.15. The summed E-state index contributed by atoms with van der Waals surface area (Å²) in [5.41, 5.74) is 1.27. The summed E-state index contributed by atoms with van der Waals surface area (Å²) in [5.74, 6) is 0. The van der Waals surface area contributed by atoms with Crippen molar-refractivity contribution < 1.29 is 8.42 Å². The minimum Gasteiger partial charge on any atom is -0.268 e. The molecule has 7 heteroatoms. The molecule has 2 heterocycles. The summed E-state index contributed by atoms with van der Waals surface area (Å²) in [6, 6.07) is 9.82. The predicted molar refractivity (Wildman–Crippen MR) is 74.2 cm³/mol. The molecule has 0 aliphatic carbocycles. The number of aryl methyl sites for hydroxylation is 1. The molecule has 0 spiro atoms. The first-order valence-electron chi connectivity index (χ1n) is 6.25. The van der Waals surface area contributed by atoms with Crippen molar-refractivity contribution in [3.63, 3.8) is 0 Å². The number of nitrogens with zero attached hydrogens (tertiary/aromatic N) is 2. The SMILES string of the molecule is O=c1ccc(S(=O)(=O)N2CCCc3ccccc32)n[nH]1. The molecule has 0 radical (unpaired) electrons. The van der Waals surface area contributed by atoms with Crippen molar-refractivity contribution in [1.29, 1.82) is 0 Å². The Morgan fingerprint density at radius 2 is 1.95 bits per heavy atom. The Morgan fingerprint density at radius 3 is 2.70 bits per heavy atom. The number of aromatic nitrogens is 2. The van der Waals surface area contributed by atoms with E-state index < -0.39 is 15.6 Å². The van der Waals surface area contributed by atoms with Crippen LogP contribution in [-0.2, 0) is 16.4 Å². The van der Waals surface area contributed by atoms with Gasteiger partial charge in [-0.1, -0.05) is 18.2 Å². The van der Waals surface area contributed by atoms with Crippen LogP contribution in [0.25, 0.3) is 0 Å². The molecule has 0 bridgehead atoms. The zero-order chi connectivity index (χ0) is 14.2. The second kappa shape index (κ2) is 4.75. The number of aromatic amines is 1. The molecule has 0 amide bonds. The number of hydrogen-bond donors (Lipinski definition) is 1. The van der Waals surface area contributed by atoms with E-state index in [1.54, 1.807) is 6.07 Å². The van der Waals surface area contributed by atoms with E-state index in [0.29, 0.717) is 12.2 Å². The highest BCUT2D eigenvalue weighted by atomic mass is 32.2. The van der Waals surface area contributed by atoms with Gasteiger partial charge in [-0.05, 0) is 30.5 Å². The first-order chi connectivity index (χ1) is 9.59. The molecule has 1 aromatic heterocycles. The van der Waals surface area contributed by atoms with Gasteiger partial charge in [0, 0.05) is 12.6 Å². The number of nitrogens with one attached hydrogen (secondary N) is 1. The van der Waals surface area contributed by atoms with Crippen molar-refractivity contribution in [2.45, 2.75) is 17.9 Å². The van der Waals surface area contributed by atoms with Crippen LogP contribution < -0.4 is 9.86 Å². The van der Waals surface area contributed by atoms with E-state index in [9.17, 15) is 13.2 Å². The molecule has 0 saturated carbocycles. The number of rotatable bonds is 2. The van der Waals surface area contributed by atoms with Crippen molar-refractivity contribution in [1.82, 2.24) is 10.2 Å². The molecular weight excluding hydrogens is 278 g/mol. The number of anilines is 1. The number of para-hydroxylation sites is 1. The van der Waals surface area contributed by atoms with Gasteiger partial charge in [0.15, 0.2) is 5.03 Å². The van der Waals surface area contributed by atoms with Crippen molar-refractivity contribution >= 4 is 15.7 Å². The van der Waals surface area contributed by atoms with Gasteiger partial charge in [-0.15, -0.1) is 0 Å². The first-order valence-corrected chi connectivity index (χ1v) is 7.69. The number of sulfonamides is 1. The quantitative estimate of drug-likeness (QED) is 0.891. The lowest BCUT2D eigenvalue weighted by Gasteiger charge is -2.29. The van der Waals surface area contributed by atoms with Crippen LogP contribution in [0.3, 0.4) is 0 Å². The molecule has 0 atom stereocenters. The fourth-order valence-corrected chi connectivity index (χ4v) is 3.77. The Balaban J connectivity index is 2.09. The van der Waals surface area contributed by atoms with Crippen molar-refractivity contribution in [2.24, 2.45) is 0 Å². The lowest BCUT2D eigenvalue weighted by atomic mass is 10.0. The van der Waals surface area contributed by atoms with Crippen LogP contribution >= 0.6 is 0 Å². The van der Waals surface area contributed by atoms with Gasteiger partial charge in [0.2, 0.25) is 0 Å². The van der Waals surface area contributed by atoms with Crippen LogP contribution in [-0.4, -0.2) is 25.2 Å². The molecule has 1 aliphatic rings. The lowest BCUT2D eigenvalue weighted by Crippen LogP contribution is -2.36. The normalized spacial score (nSPS) is 14.9. The maximum atomic E-state index is 12.6. The van der Waals surface area contributed by atoms with E-state index in [1.165, 1.54) is 10.4 Å². The Bertz CT molecular complexity index is 778. The summed E-state index contributed by atoms with van der Waals surface area (Å²) in [6.07, 6.45) is 1.63. The molecule has 6 nitrogen and oxygen atoms in total. The summed E-state index contributed by atoms with van der Waals surface area (Å²) in [7, 11) is -3.74. The highest BCUT2D eigenvalue weighted by Gasteiger charge is 2.29. The third-order valence-corrected chi connectivity index (χ3v) is 4.99. The molecule has 104 valence electrons. The van der Waals surface area contributed by atoms with E-state index in [-0.39, 0.29) is 5.03 Å². The first kappa shape index (κ1) is 12.9. The molecule has 3 rings (SSSR count). The number of fused-ring (bicyclic) bond motifs is 1. The van der Waals surface area contributed by atoms with E-state index in [4.69, 9.17) is 0 Å². The van der Waals surface area contributed by atoms with Gasteiger partial charge in [-0.2, -0.15) is 13.5 Å². The number of H-pyrrole nitrogens is 1. The molecule has 1 aromatic carbocycles. The van der Waals surface area contributed by atoms with Crippen LogP contribution in [0.15, 0.2) is 46.2 Å². The minimum atomic E-state index is -3.74. The van der Waals surface area contributed by atoms with Crippen LogP contribution in [0.1, 0.15) is 12.0 Å². The van der Waals surface area contributed by atoms with Gasteiger partial charge in [-0.25, -0.2) is 5.10 Å². The number of benzene rings is 1. The predicted octanol–water partition coefficient (Wildman–Crippen LogP) is 0.911. The third-order valence-electron chi connectivity index (χ3n) is 3.28. The van der Waals surface area contributed by atoms with Crippen molar-refractivity contribution in [2.75, 3.05) is 10.8 Å². The Kier molecular flexibility index (Phi) is 3.06. The average molecular weight is 291 g/mol. The standard InChI is InChI=1S/C13H13N3O3S/c17-12-7-8-13(15-14-12)20(18,19)16-9-3-5-10-4-1-2-6-11(10)16/h1-2,4,6-8H,3,5,9H2,(H,14,17). The molecule has 2 aromatic rings. The topological polar surface area (TPSA) is 83.1 Å². The summed E-state index contributed by atoms with van der Waals surface area (Å²) < 4.78 is 26.6. The van der Waals surface area contributed by atoms with E-state index in [0.717, 1.165) is 24.5 Å². The third kappa shape index (κ3) is 2.09. The van der Waals surface area contributed by atoms with E-state index >= 15 is 0 Å². The minimum absolute atomic E-state index is 0.145. The molecule has 0 saturated heterocycles. The molecule has 1 N–H and O–H groups in total. The van der Waals surface area contributed by atoms with E-state index in [1.807, 2.05) is 18.2 Å². The summed E-state index contributed by atoms with van der Waals surface area (Å²) in [6.45, 7) is 0.417. The van der Waals surface area contributed by atoms with E-state index in [2.05, 4.69) is 10.2 Å². The maximum Gasteiger partial charge on any atom is 0.283 e. The van der Waals surface area contributed by atoms with Gasteiger partial charge in [0.1, 0.15) is 0 Å². The highest BCUT2D eigenvalue weighted by Crippen LogP contribution is 2.30. The van der Waals surface area contributed by atoms with Gasteiger partial charge >= 0.3 is 0 Å². The number of hydrogen-bond acceptors (Lipinski definition) is 4. The molecule has 20 heavy (non-hydrogen) atoms. The van der Waals surface area contributed by atoms with Crippen LogP contribution in [0.4, 0.5) is 5.69 Å². The maximum absolute atomic E-state index is 12.6. The Labute approximate surface area is 116 Å². The molecular formula is C13H13N3O3S. The second-order valence-electron chi connectivity index (χ2n) is 4.57. The molecule has 0 fully saturated rings. The van der Waals surface area contributed by atoms with Gasteiger partial charge in [0.25, 0.3) is 15.6 Å². The fourth-order valence-electron chi connectivity index (χ4n) is 2.34. The smallest absolute Gasteiger partial charge is 0.268 e. The molecule has 0 unspecified atom stereocenters. The monoisotopic (exact) mass is 291 g/mol. The zero-order valence-electron chi connectivity index (χ0n) is 10.6. The molecule has 1 aliphatic heterocycles. The summed E-state index contributed by atoms with van der Waals surface area (Å²) in [4.78, 5) is 11.0. The average Bonchev–Trinajstić information content (AvgIpc) is 2.47. The second-order valence-corrected chi connectivity index (χ2v) is 6.38. The fraction of sp³-hybridized carbons (Fsp3) is 0.231. The summed E-state index contributed by atoms with van der Waals surface area (Å²) in [5, 5.41) is 5.64. The highest BCUT2D eigenvalue weighted by molar-refractivity contribution is 7.92. The summed E-state index contributed by atoms with van der Waals surface area (Å²) >= 11 is 0. The largest absolute Gasteiger partial charge is 0.283 e. The van der Waals surface area contributed by atoms with Gasteiger partial charge < -0.3 is 0 Å².